The lowest BCUT2D eigenvalue weighted by Crippen LogP contribution is -2.16. The monoisotopic (exact) mass is 284 g/mol. The van der Waals surface area contributed by atoms with E-state index in [9.17, 15) is 13.2 Å². The molecule has 0 bridgehead atoms. The molecule has 3 rings (SSSR count). The van der Waals surface area contributed by atoms with Crippen molar-refractivity contribution >= 4 is 11.6 Å². The van der Waals surface area contributed by atoms with E-state index in [1.54, 1.807) is 12.1 Å². The van der Waals surface area contributed by atoms with E-state index in [1.807, 2.05) is 12.1 Å². The molecule has 0 saturated heterocycles. The quantitative estimate of drug-likeness (QED) is 0.685. The normalized spacial score (nSPS) is 13.9. The van der Waals surface area contributed by atoms with Crippen LogP contribution in [-0.2, 0) is 19.0 Å². The van der Waals surface area contributed by atoms with Crippen molar-refractivity contribution in [3.8, 4) is 11.3 Å². The first-order chi connectivity index (χ1) is 8.97. The highest BCUT2D eigenvalue weighted by Gasteiger charge is 2.37. The Morgan fingerprint density at radius 1 is 1.05 bits per heavy atom. The molecule has 1 aromatic carbocycles. The average molecular weight is 285 g/mol. The third-order valence-electron chi connectivity index (χ3n) is 3.13. The Labute approximate surface area is 112 Å². The lowest BCUT2D eigenvalue weighted by atomic mass is 9.90. The minimum atomic E-state index is -4.59. The zero-order valence-corrected chi connectivity index (χ0v) is 10.4. The molecule has 2 aromatic rings. The van der Waals surface area contributed by atoms with Gasteiger partial charge in [0.25, 0.3) is 0 Å². The molecule has 98 valence electrons. The van der Waals surface area contributed by atoms with Gasteiger partial charge < -0.3 is 0 Å². The molecule has 1 heterocycles. The van der Waals surface area contributed by atoms with Crippen molar-refractivity contribution in [3.05, 3.63) is 46.4 Å². The van der Waals surface area contributed by atoms with Crippen molar-refractivity contribution in [2.45, 2.75) is 19.0 Å². The molecule has 0 fully saturated rings. The van der Waals surface area contributed by atoms with E-state index in [2.05, 4.69) is 9.97 Å². The minimum absolute atomic E-state index is 0.105. The number of fused-ring (bicyclic) bond motifs is 3. The summed E-state index contributed by atoms with van der Waals surface area (Å²) in [5.74, 6) is -1.19. The van der Waals surface area contributed by atoms with Gasteiger partial charge in [0.1, 0.15) is 5.15 Å². The van der Waals surface area contributed by atoms with Gasteiger partial charge in [-0.2, -0.15) is 13.2 Å². The van der Waals surface area contributed by atoms with Crippen LogP contribution < -0.4 is 0 Å². The smallest absolute Gasteiger partial charge is 0.224 e. The number of hydrogen-bond acceptors (Lipinski definition) is 2. The van der Waals surface area contributed by atoms with Crippen LogP contribution in [0.2, 0.25) is 5.15 Å². The zero-order valence-electron chi connectivity index (χ0n) is 9.63. The summed E-state index contributed by atoms with van der Waals surface area (Å²) in [6.07, 6.45) is -3.30. The summed E-state index contributed by atoms with van der Waals surface area (Å²) in [6, 6.07) is 7.28. The second-order valence-electron chi connectivity index (χ2n) is 4.32. The minimum Gasteiger partial charge on any atom is -0.224 e. The van der Waals surface area contributed by atoms with Crippen LogP contribution in [-0.4, -0.2) is 9.97 Å². The molecule has 0 aliphatic heterocycles. The number of aryl methyl sites for hydroxylation is 1. The first kappa shape index (κ1) is 12.4. The van der Waals surface area contributed by atoms with E-state index in [0.29, 0.717) is 23.2 Å². The van der Waals surface area contributed by atoms with E-state index >= 15 is 0 Å². The van der Waals surface area contributed by atoms with Crippen LogP contribution >= 0.6 is 11.6 Å². The third kappa shape index (κ3) is 2.08. The van der Waals surface area contributed by atoms with Gasteiger partial charge in [-0.1, -0.05) is 35.9 Å². The van der Waals surface area contributed by atoms with Gasteiger partial charge in [-0.05, 0) is 18.4 Å². The van der Waals surface area contributed by atoms with E-state index in [1.165, 1.54) is 0 Å². The van der Waals surface area contributed by atoms with Crippen molar-refractivity contribution in [2.75, 3.05) is 0 Å². The molecule has 6 heteroatoms. The van der Waals surface area contributed by atoms with Crippen LogP contribution in [0.5, 0.6) is 0 Å². The van der Waals surface area contributed by atoms with Crippen molar-refractivity contribution < 1.29 is 13.2 Å². The fraction of sp³-hybridized carbons (Fsp3) is 0.231. The van der Waals surface area contributed by atoms with Crippen molar-refractivity contribution in [3.63, 3.8) is 0 Å². The number of aromatic nitrogens is 2. The van der Waals surface area contributed by atoms with E-state index in [0.717, 1.165) is 12.0 Å². The van der Waals surface area contributed by atoms with Crippen molar-refractivity contribution in [2.24, 2.45) is 0 Å². The van der Waals surface area contributed by atoms with Gasteiger partial charge in [0.15, 0.2) is 0 Å². The number of hydrogen-bond donors (Lipinski definition) is 0. The fourth-order valence-electron chi connectivity index (χ4n) is 2.26. The predicted octanol–water partition coefficient (Wildman–Crippen LogP) is 3.91. The van der Waals surface area contributed by atoms with Crippen LogP contribution in [0.1, 0.15) is 17.0 Å². The number of benzene rings is 1. The van der Waals surface area contributed by atoms with Gasteiger partial charge in [0.2, 0.25) is 5.82 Å². The number of alkyl halides is 3. The highest BCUT2D eigenvalue weighted by molar-refractivity contribution is 6.30. The maximum Gasteiger partial charge on any atom is 0.451 e. The second-order valence-corrected chi connectivity index (χ2v) is 4.68. The summed E-state index contributed by atoms with van der Waals surface area (Å²) in [5.41, 5.74) is 2.58. The standard InChI is InChI=1S/C13H8ClF3N2/c14-11-9-6-5-7-3-1-2-4-8(7)10(9)18-12(19-11)13(15,16)17/h1-4H,5-6H2. The van der Waals surface area contributed by atoms with Gasteiger partial charge in [0, 0.05) is 11.1 Å². The Bertz CT molecular complexity index is 653. The molecule has 0 atom stereocenters. The molecular formula is C13H8ClF3N2. The van der Waals surface area contributed by atoms with Gasteiger partial charge >= 0.3 is 6.18 Å². The Kier molecular flexibility index (Phi) is 2.74. The second kappa shape index (κ2) is 4.20. The Balaban J connectivity index is 2.26. The number of halogens is 4. The van der Waals surface area contributed by atoms with Gasteiger partial charge in [-0.3, -0.25) is 0 Å². The zero-order chi connectivity index (χ0) is 13.6. The maximum atomic E-state index is 12.7. The lowest BCUT2D eigenvalue weighted by molar-refractivity contribution is -0.144. The molecular weight excluding hydrogens is 277 g/mol. The summed E-state index contributed by atoms with van der Waals surface area (Å²) in [7, 11) is 0. The Morgan fingerprint density at radius 3 is 2.53 bits per heavy atom. The first-order valence-electron chi connectivity index (χ1n) is 5.68. The molecule has 1 aliphatic carbocycles. The number of nitrogens with zero attached hydrogens (tertiary/aromatic N) is 2. The highest BCUT2D eigenvalue weighted by atomic mass is 35.5. The summed E-state index contributed by atoms with van der Waals surface area (Å²) < 4.78 is 38.2. The van der Waals surface area contributed by atoms with Gasteiger partial charge in [-0.15, -0.1) is 0 Å². The average Bonchev–Trinajstić information content (AvgIpc) is 2.37. The van der Waals surface area contributed by atoms with Crippen LogP contribution in [0.15, 0.2) is 24.3 Å². The van der Waals surface area contributed by atoms with Crippen molar-refractivity contribution in [1.29, 1.82) is 0 Å². The summed E-state index contributed by atoms with van der Waals surface area (Å²) in [6.45, 7) is 0. The van der Waals surface area contributed by atoms with Crippen molar-refractivity contribution in [1.82, 2.24) is 9.97 Å². The molecule has 2 nitrogen and oxygen atoms in total. The predicted molar refractivity (Wildman–Crippen MR) is 64.9 cm³/mol. The maximum absolute atomic E-state index is 12.7. The molecule has 0 saturated carbocycles. The summed E-state index contributed by atoms with van der Waals surface area (Å²) >= 11 is 5.87. The summed E-state index contributed by atoms with van der Waals surface area (Å²) in [4.78, 5) is 7.03. The number of rotatable bonds is 0. The van der Waals surface area contributed by atoms with Crippen LogP contribution in [0, 0.1) is 0 Å². The third-order valence-corrected chi connectivity index (χ3v) is 3.44. The molecule has 0 radical (unpaired) electrons. The Hall–Kier alpha value is -1.62. The van der Waals surface area contributed by atoms with Crippen LogP contribution in [0.25, 0.3) is 11.3 Å². The first-order valence-corrected chi connectivity index (χ1v) is 6.06. The van der Waals surface area contributed by atoms with E-state index in [4.69, 9.17) is 11.6 Å². The molecule has 0 amide bonds. The van der Waals surface area contributed by atoms with E-state index < -0.39 is 12.0 Å². The topological polar surface area (TPSA) is 25.8 Å². The van der Waals surface area contributed by atoms with Gasteiger partial charge in [0.05, 0.1) is 5.69 Å². The molecule has 0 N–H and O–H groups in total. The lowest BCUT2D eigenvalue weighted by Gasteiger charge is -2.20. The molecule has 0 unspecified atom stereocenters. The molecule has 0 spiro atoms. The van der Waals surface area contributed by atoms with E-state index in [-0.39, 0.29) is 5.15 Å². The fourth-order valence-corrected chi connectivity index (χ4v) is 2.52. The highest BCUT2D eigenvalue weighted by Crippen LogP contribution is 2.37. The van der Waals surface area contributed by atoms with Crippen LogP contribution in [0.4, 0.5) is 13.2 Å². The Morgan fingerprint density at radius 2 is 1.79 bits per heavy atom. The molecule has 1 aromatic heterocycles. The van der Waals surface area contributed by atoms with Crippen LogP contribution in [0.3, 0.4) is 0 Å². The summed E-state index contributed by atoms with van der Waals surface area (Å²) in [5, 5.41) is -0.105. The molecule has 19 heavy (non-hydrogen) atoms. The largest absolute Gasteiger partial charge is 0.451 e. The SMILES string of the molecule is FC(F)(F)c1nc(Cl)c2c(n1)-c1ccccc1CC2. The van der Waals surface area contributed by atoms with Gasteiger partial charge in [-0.25, -0.2) is 9.97 Å². The molecule has 1 aliphatic rings.